The molecule has 0 saturated carbocycles. The molecule has 1 N–H and O–H groups in total. The molecule has 0 aliphatic carbocycles. The van der Waals surface area contributed by atoms with E-state index in [0.29, 0.717) is 5.56 Å². The predicted octanol–water partition coefficient (Wildman–Crippen LogP) is 2.83. The Morgan fingerprint density at radius 2 is 2.15 bits per heavy atom. The van der Waals surface area contributed by atoms with Gasteiger partial charge in [-0.1, -0.05) is 12.1 Å². The first-order chi connectivity index (χ1) is 9.28. The largest absolute Gasteiger partial charge is 0.443 e. The van der Waals surface area contributed by atoms with E-state index in [1.54, 1.807) is 32.9 Å². The molecule has 20 heavy (non-hydrogen) atoms. The molecule has 108 valence electrons. The topological polar surface area (TPSA) is 58.6 Å². The SMILES string of the molecule is CC(C)(C)OC(=O)N1C(=O)NCC1c1cccc(F)c1. The van der Waals surface area contributed by atoms with Crippen molar-refractivity contribution in [3.63, 3.8) is 0 Å². The average molecular weight is 280 g/mol. The van der Waals surface area contributed by atoms with Gasteiger partial charge in [0.05, 0.1) is 6.04 Å². The Labute approximate surface area is 116 Å². The van der Waals surface area contributed by atoms with Crippen molar-refractivity contribution in [1.29, 1.82) is 0 Å². The van der Waals surface area contributed by atoms with E-state index < -0.39 is 29.6 Å². The molecule has 1 unspecified atom stereocenters. The van der Waals surface area contributed by atoms with Gasteiger partial charge < -0.3 is 10.1 Å². The number of amides is 3. The van der Waals surface area contributed by atoms with Crippen LogP contribution < -0.4 is 5.32 Å². The van der Waals surface area contributed by atoms with E-state index >= 15 is 0 Å². The first-order valence-corrected chi connectivity index (χ1v) is 6.33. The van der Waals surface area contributed by atoms with E-state index in [4.69, 9.17) is 4.74 Å². The van der Waals surface area contributed by atoms with Gasteiger partial charge in [-0.2, -0.15) is 0 Å². The van der Waals surface area contributed by atoms with Gasteiger partial charge in [0.2, 0.25) is 0 Å². The first kappa shape index (κ1) is 14.3. The van der Waals surface area contributed by atoms with Crippen LogP contribution in [-0.4, -0.2) is 29.2 Å². The van der Waals surface area contributed by atoms with E-state index in [1.165, 1.54) is 12.1 Å². The summed E-state index contributed by atoms with van der Waals surface area (Å²) in [6.07, 6.45) is -0.734. The van der Waals surface area contributed by atoms with Crippen LogP contribution in [0, 0.1) is 5.82 Å². The predicted molar refractivity (Wildman–Crippen MR) is 70.6 cm³/mol. The number of carbonyl (C=O) groups is 2. The third-order valence-electron chi connectivity index (χ3n) is 2.80. The van der Waals surface area contributed by atoms with Gasteiger partial charge in [0.1, 0.15) is 11.4 Å². The number of benzene rings is 1. The van der Waals surface area contributed by atoms with Crippen molar-refractivity contribution < 1.29 is 18.7 Å². The maximum atomic E-state index is 13.3. The fraction of sp³-hybridized carbons (Fsp3) is 0.429. The maximum absolute atomic E-state index is 13.3. The van der Waals surface area contributed by atoms with Gasteiger partial charge >= 0.3 is 12.1 Å². The molecular weight excluding hydrogens is 263 g/mol. The molecule has 1 fully saturated rings. The van der Waals surface area contributed by atoms with Crippen LogP contribution in [0.3, 0.4) is 0 Å². The second kappa shape index (κ2) is 5.11. The number of rotatable bonds is 1. The molecule has 2 rings (SSSR count). The van der Waals surface area contributed by atoms with Crippen molar-refractivity contribution in [1.82, 2.24) is 10.2 Å². The van der Waals surface area contributed by atoms with E-state index in [9.17, 15) is 14.0 Å². The number of imide groups is 1. The van der Waals surface area contributed by atoms with E-state index in [0.717, 1.165) is 4.90 Å². The van der Waals surface area contributed by atoms with Crippen molar-refractivity contribution in [3.05, 3.63) is 35.6 Å². The van der Waals surface area contributed by atoms with Crippen molar-refractivity contribution >= 4 is 12.1 Å². The van der Waals surface area contributed by atoms with Crippen molar-refractivity contribution in [3.8, 4) is 0 Å². The van der Waals surface area contributed by atoms with Crippen LogP contribution in [0.5, 0.6) is 0 Å². The summed E-state index contributed by atoms with van der Waals surface area (Å²) in [5, 5.41) is 2.57. The zero-order valence-corrected chi connectivity index (χ0v) is 11.6. The maximum Gasteiger partial charge on any atom is 0.419 e. The molecule has 1 aromatic carbocycles. The fourth-order valence-corrected chi connectivity index (χ4v) is 2.00. The highest BCUT2D eigenvalue weighted by Crippen LogP contribution is 2.27. The number of nitrogens with one attached hydrogen (secondary N) is 1. The van der Waals surface area contributed by atoms with Gasteiger partial charge in [-0.05, 0) is 38.5 Å². The lowest BCUT2D eigenvalue weighted by Crippen LogP contribution is -2.40. The zero-order chi connectivity index (χ0) is 14.9. The lowest BCUT2D eigenvalue weighted by atomic mass is 10.1. The molecule has 6 heteroatoms. The van der Waals surface area contributed by atoms with E-state index in [2.05, 4.69) is 5.32 Å². The lowest BCUT2D eigenvalue weighted by Gasteiger charge is -2.26. The molecule has 1 heterocycles. The summed E-state index contributed by atoms with van der Waals surface area (Å²) < 4.78 is 18.5. The van der Waals surface area contributed by atoms with Gasteiger partial charge in [0.15, 0.2) is 0 Å². The van der Waals surface area contributed by atoms with Gasteiger partial charge in [-0.25, -0.2) is 18.9 Å². The van der Waals surface area contributed by atoms with E-state index in [-0.39, 0.29) is 6.54 Å². The Hall–Kier alpha value is -2.11. The van der Waals surface area contributed by atoms with Crippen LogP contribution >= 0.6 is 0 Å². The zero-order valence-electron chi connectivity index (χ0n) is 11.6. The summed E-state index contributed by atoms with van der Waals surface area (Å²) in [7, 11) is 0. The number of urea groups is 1. The molecule has 1 aromatic rings. The lowest BCUT2D eigenvalue weighted by molar-refractivity contribution is 0.0298. The quantitative estimate of drug-likeness (QED) is 0.860. The van der Waals surface area contributed by atoms with Crippen LogP contribution in [0.25, 0.3) is 0 Å². The molecule has 1 aliphatic heterocycles. The smallest absolute Gasteiger partial charge is 0.419 e. The highest BCUT2D eigenvalue weighted by molar-refractivity contribution is 5.93. The van der Waals surface area contributed by atoms with Crippen LogP contribution in [0.1, 0.15) is 32.4 Å². The van der Waals surface area contributed by atoms with E-state index in [1.807, 2.05) is 0 Å². The minimum absolute atomic E-state index is 0.238. The summed E-state index contributed by atoms with van der Waals surface area (Å²) in [6.45, 7) is 5.39. The third kappa shape index (κ3) is 3.07. The minimum atomic E-state index is -0.734. The summed E-state index contributed by atoms with van der Waals surface area (Å²) in [5.74, 6) is -0.411. The Kier molecular flexibility index (Phi) is 3.65. The molecule has 3 amide bonds. The molecule has 1 atom stereocenters. The monoisotopic (exact) mass is 280 g/mol. The minimum Gasteiger partial charge on any atom is -0.443 e. The molecule has 1 aliphatic rings. The third-order valence-corrected chi connectivity index (χ3v) is 2.80. The number of nitrogens with zero attached hydrogens (tertiary/aromatic N) is 1. The van der Waals surface area contributed by atoms with Crippen LogP contribution in [0.2, 0.25) is 0 Å². The number of carbonyl (C=O) groups excluding carboxylic acids is 2. The number of hydrogen-bond donors (Lipinski definition) is 1. The second-order valence-electron chi connectivity index (χ2n) is 5.61. The second-order valence-corrected chi connectivity index (χ2v) is 5.61. The highest BCUT2D eigenvalue weighted by atomic mass is 19.1. The summed E-state index contributed by atoms with van der Waals surface area (Å²) in [5.41, 5.74) is -0.152. The average Bonchev–Trinajstić information content (AvgIpc) is 2.69. The van der Waals surface area contributed by atoms with Gasteiger partial charge in [-0.3, -0.25) is 0 Å². The Morgan fingerprint density at radius 3 is 2.75 bits per heavy atom. The number of hydrogen-bond acceptors (Lipinski definition) is 3. The molecule has 1 saturated heterocycles. The summed E-state index contributed by atoms with van der Waals surface area (Å²) >= 11 is 0. The van der Waals surface area contributed by atoms with Gasteiger partial charge in [0.25, 0.3) is 0 Å². The highest BCUT2D eigenvalue weighted by Gasteiger charge is 2.39. The fourth-order valence-electron chi connectivity index (χ4n) is 2.00. The molecular formula is C14H17FN2O3. The van der Waals surface area contributed by atoms with Crippen LogP contribution in [0.4, 0.5) is 14.0 Å². The molecule has 5 nitrogen and oxygen atoms in total. The van der Waals surface area contributed by atoms with Gasteiger partial charge in [0, 0.05) is 6.54 Å². The Morgan fingerprint density at radius 1 is 1.45 bits per heavy atom. The molecule has 0 spiro atoms. The standard InChI is InChI=1S/C14H17FN2O3/c1-14(2,3)20-13(19)17-11(8-16-12(17)18)9-5-4-6-10(15)7-9/h4-7,11H,8H2,1-3H3,(H,16,18). The Balaban J connectivity index is 2.25. The summed E-state index contributed by atoms with van der Waals surface area (Å²) in [6, 6.07) is 4.74. The first-order valence-electron chi connectivity index (χ1n) is 6.33. The van der Waals surface area contributed by atoms with Gasteiger partial charge in [-0.15, -0.1) is 0 Å². The molecule has 0 aromatic heterocycles. The molecule has 0 bridgehead atoms. The van der Waals surface area contributed by atoms with Crippen LogP contribution in [0.15, 0.2) is 24.3 Å². The summed E-state index contributed by atoms with van der Waals surface area (Å²) in [4.78, 5) is 24.9. The number of halogens is 1. The van der Waals surface area contributed by atoms with Crippen molar-refractivity contribution in [2.75, 3.05) is 6.54 Å². The normalized spacial score (nSPS) is 18.9. The van der Waals surface area contributed by atoms with Crippen molar-refractivity contribution in [2.24, 2.45) is 0 Å². The van der Waals surface area contributed by atoms with Crippen molar-refractivity contribution in [2.45, 2.75) is 32.4 Å². The molecule has 0 radical (unpaired) electrons. The Bertz CT molecular complexity index is 539. The van der Waals surface area contributed by atoms with Crippen LogP contribution in [-0.2, 0) is 4.74 Å². The number of ether oxygens (including phenoxy) is 1.